The number of hydrogen-bond acceptors (Lipinski definition) is 0. The van der Waals surface area contributed by atoms with Crippen molar-refractivity contribution in [3.63, 3.8) is 0 Å². The summed E-state index contributed by atoms with van der Waals surface area (Å²) < 4.78 is 25.3. The van der Waals surface area contributed by atoms with Crippen LogP contribution >= 0.6 is 0 Å². The molecule has 2 heteroatoms. The first kappa shape index (κ1) is 8.18. The number of halogens is 2. The van der Waals surface area contributed by atoms with Crippen LogP contribution < -0.4 is 0 Å². The Hall–Kier alpha value is -0.920. The van der Waals surface area contributed by atoms with Crippen LogP contribution in [0.25, 0.3) is 0 Å². The molecular formula is C9H9F2. The van der Waals surface area contributed by atoms with Gasteiger partial charge in [-0.15, -0.1) is 0 Å². The second kappa shape index (κ2) is 3.46. The van der Waals surface area contributed by atoms with E-state index in [1.54, 1.807) is 12.5 Å². The summed E-state index contributed by atoms with van der Waals surface area (Å²) in [6, 6.07) is 4.17. The van der Waals surface area contributed by atoms with E-state index in [1.807, 2.05) is 6.92 Å². The molecule has 0 aliphatic rings. The summed E-state index contributed by atoms with van der Waals surface area (Å²) in [6.07, 6.45) is 2.36. The molecule has 0 spiro atoms. The third kappa shape index (κ3) is 1.76. The smallest absolute Gasteiger partial charge is 0.162 e. The maximum absolute atomic E-state index is 12.8. The van der Waals surface area contributed by atoms with E-state index >= 15 is 0 Å². The second-order valence-corrected chi connectivity index (χ2v) is 2.26. The van der Waals surface area contributed by atoms with Crippen molar-refractivity contribution in [1.29, 1.82) is 0 Å². The molecule has 1 aromatic rings. The van der Waals surface area contributed by atoms with Crippen LogP contribution in [0.15, 0.2) is 18.2 Å². The van der Waals surface area contributed by atoms with Gasteiger partial charge in [-0.05, 0) is 24.5 Å². The summed E-state index contributed by atoms with van der Waals surface area (Å²) in [5, 5.41) is 0. The Morgan fingerprint density at radius 3 is 2.73 bits per heavy atom. The molecule has 1 aromatic carbocycles. The molecule has 1 radical (unpaired) electrons. The summed E-state index contributed by atoms with van der Waals surface area (Å²) in [6.45, 7) is 1.88. The lowest BCUT2D eigenvalue weighted by molar-refractivity contribution is 0.503. The predicted octanol–water partition coefficient (Wildman–Crippen LogP) is 2.93. The molecule has 0 heterocycles. The molecule has 0 bridgehead atoms. The van der Waals surface area contributed by atoms with E-state index < -0.39 is 11.6 Å². The quantitative estimate of drug-likeness (QED) is 0.616. The first-order valence-corrected chi connectivity index (χ1v) is 3.53. The average molecular weight is 155 g/mol. The Labute approximate surface area is 64.9 Å². The van der Waals surface area contributed by atoms with E-state index in [0.29, 0.717) is 12.0 Å². The molecule has 0 atom stereocenters. The van der Waals surface area contributed by atoms with Gasteiger partial charge in [-0.2, -0.15) is 0 Å². The molecule has 0 fully saturated rings. The van der Waals surface area contributed by atoms with Gasteiger partial charge in [-0.3, -0.25) is 0 Å². The molecule has 1 rings (SSSR count). The third-order valence-electron chi connectivity index (χ3n) is 1.41. The number of hydrogen-bond donors (Lipinski definition) is 0. The zero-order chi connectivity index (χ0) is 8.27. The van der Waals surface area contributed by atoms with Crippen molar-refractivity contribution in [3.05, 3.63) is 41.8 Å². The molecule has 0 aliphatic heterocycles. The molecule has 11 heavy (non-hydrogen) atoms. The van der Waals surface area contributed by atoms with Gasteiger partial charge in [0.05, 0.1) is 0 Å². The minimum absolute atomic E-state index is 0.340. The topological polar surface area (TPSA) is 0 Å². The first-order valence-electron chi connectivity index (χ1n) is 3.53. The van der Waals surface area contributed by atoms with Crippen LogP contribution in [0.3, 0.4) is 0 Å². The standard InChI is InChI=1S/C9H9F2/c1-2-4-7-5-3-6-8(10)9(7)11/h3-6H,2H2,1H3. The Balaban J connectivity index is 2.96. The minimum Gasteiger partial charge on any atom is -0.204 e. The lowest BCUT2D eigenvalue weighted by Gasteiger charge is -1.99. The first-order chi connectivity index (χ1) is 5.25. The largest absolute Gasteiger partial charge is 0.204 e. The monoisotopic (exact) mass is 155 g/mol. The van der Waals surface area contributed by atoms with Crippen molar-refractivity contribution in [3.8, 4) is 0 Å². The minimum atomic E-state index is -0.785. The third-order valence-corrected chi connectivity index (χ3v) is 1.41. The fourth-order valence-electron chi connectivity index (χ4n) is 0.898. The summed E-state index contributed by atoms with van der Waals surface area (Å²) in [7, 11) is 0. The van der Waals surface area contributed by atoms with E-state index in [9.17, 15) is 8.78 Å². The van der Waals surface area contributed by atoms with Gasteiger partial charge >= 0.3 is 0 Å². The van der Waals surface area contributed by atoms with E-state index in [4.69, 9.17) is 0 Å². The molecule has 0 unspecified atom stereocenters. The highest BCUT2D eigenvalue weighted by Crippen LogP contribution is 2.13. The Morgan fingerprint density at radius 1 is 1.36 bits per heavy atom. The Bertz CT molecular complexity index is 243. The van der Waals surface area contributed by atoms with E-state index in [2.05, 4.69) is 0 Å². The van der Waals surface area contributed by atoms with E-state index in [-0.39, 0.29) is 0 Å². The van der Waals surface area contributed by atoms with Gasteiger partial charge in [0.2, 0.25) is 0 Å². The summed E-state index contributed by atoms with van der Waals surface area (Å²) in [4.78, 5) is 0. The number of benzene rings is 1. The summed E-state index contributed by atoms with van der Waals surface area (Å²) >= 11 is 0. The molecule has 59 valence electrons. The van der Waals surface area contributed by atoms with Crippen molar-refractivity contribution in [2.45, 2.75) is 13.3 Å². The molecule has 0 aromatic heterocycles. The van der Waals surface area contributed by atoms with E-state index in [1.165, 1.54) is 6.07 Å². The summed E-state index contributed by atoms with van der Waals surface area (Å²) in [5.74, 6) is -1.54. The highest BCUT2D eigenvalue weighted by molar-refractivity contribution is 5.25. The molecule has 0 saturated heterocycles. The van der Waals surface area contributed by atoms with Gasteiger partial charge in [-0.25, -0.2) is 8.78 Å². The molecule has 0 N–H and O–H groups in total. The normalized spacial score (nSPS) is 10.1. The van der Waals surface area contributed by atoms with Crippen LogP contribution in [-0.2, 0) is 0 Å². The molecule has 0 aliphatic carbocycles. The zero-order valence-electron chi connectivity index (χ0n) is 6.27. The molecule has 0 amide bonds. The van der Waals surface area contributed by atoms with Crippen LogP contribution in [0.2, 0.25) is 0 Å². The predicted molar refractivity (Wildman–Crippen MR) is 40.1 cm³/mol. The average Bonchev–Trinajstić information content (AvgIpc) is 1.99. The van der Waals surface area contributed by atoms with Gasteiger partial charge in [-0.1, -0.05) is 19.1 Å². The van der Waals surface area contributed by atoms with Gasteiger partial charge < -0.3 is 0 Å². The lowest BCUT2D eigenvalue weighted by atomic mass is 10.1. The van der Waals surface area contributed by atoms with Gasteiger partial charge in [0.25, 0.3) is 0 Å². The van der Waals surface area contributed by atoms with Gasteiger partial charge in [0.15, 0.2) is 11.6 Å². The molecule has 0 nitrogen and oxygen atoms in total. The number of rotatable bonds is 2. The van der Waals surface area contributed by atoms with Crippen LogP contribution in [-0.4, -0.2) is 0 Å². The van der Waals surface area contributed by atoms with Crippen LogP contribution in [0.5, 0.6) is 0 Å². The van der Waals surface area contributed by atoms with Crippen molar-refractivity contribution < 1.29 is 8.78 Å². The van der Waals surface area contributed by atoms with Gasteiger partial charge in [0.1, 0.15) is 0 Å². The van der Waals surface area contributed by atoms with Crippen LogP contribution in [0.4, 0.5) is 8.78 Å². The van der Waals surface area contributed by atoms with Crippen LogP contribution in [0.1, 0.15) is 18.9 Å². The highest BCUT2D eigenvalue weighted by atomic mass is 19.2. The molecular weight excluding hydrogens is 146 g/mol. The second-order valence-electron chi connectivity index (χ2n) is 2.26. The Kier molecular flexibility index (Phi) is 2.58. The fourth-order valence-corrected chi connectivity index (χ4v) is 0.898. The van der Waals surface area contributed by atoms with Crippen molar-refractivity contribution in [1.82, 2.24) is 0 Å². The van der Waals surface area contributed by atoms with Crippen LogP contribution in [0, 0.1) is 18.1 Å². The zero-order valence-corrected chi connectivity index (χ0v) is 6.27. The maximum atomic E-state index is 12.8. The van der Waals surface area contributed by atoms with Crippen molar-refractivity contribution >= 4 is 0 Å². The lowest BCUT2D eigenvalue weighted by Crippen LogP contribution is -1.90. The fraction of sp³-hybridized carbons (Fsp3) is 0.222. The SMILES string of the molecule is CC[CH]c1cccc(F)c1F. The van der Waals surface area contributed by atoms with Crippen molar-refractivity contribution in [2.24, 2.45) is 0 Å². The van der Waals surface area contributed by atoms with Crippen molar-refractivity contribution in [2.75, 3.05) is 0 Å². The van der Waals surface area contributed by atoms with Gasteiger partial charge in [0, 0.05) is 0 Å². The molecule has 0 saturated carbocycles. The Morgan fingerprint density at radius 2 is 2.09 bits per heavy atom. The summed E-state index contributed by atoms with van der Waals surface area (Å²) in [5.41, 5.74) is 0.340. The van der Waals surface area contributed by atoms with E-state index in [0.717, 1.165) is 6.07 Å². The maximum Gasteiger partial charge on any atom is 0.162 e. The highest BCUT2D eigenvalue weighted by Gasteiger charge is 2.05.